The zero-order valence-electron chi connectivity index (χ0n) is 11.1. The highest BCUT2D eigenvalue weighted by Gasteiger charge is 2.22. The predicted molar refractivity (Wildman–Crippen MR) is 80.0 cm³/mol. The Morgan fingerprint density at radius 2 is 2.00 bits per heavy atom. The summed E-state index contributed by atoms with van der Waals surface area (Å²) in [6.07, 6.45) is 1.16. The maximum absolute atomic E-state index is 11.4. The van der Waals surface area contributed by atoms with Gasteiger partial charge in [-0.1, -0.05) is 13.0 Å². The molecule has 5 heteroatoms. The first-order valence-electron chi connectivity index (χ1n) is 6.62. The Morgan fingerprint density at radius 1 is 1.32 bits per heavy atom. The van der Waals surface area contributed by atoms with Gasteiger partial charge < -0.3 is 10.0 Å². The molecule has 1 aliphatic heterocycles. The number of hydrogen-bond acceptors (Lipinski definition) is 3. The first kappa shape index (κ1) is 14.3. The van der Waals surface area contributed by atoms with E-state index in [9.17, 15) is 9.90 Å². The zero-order chi connectivity index (χ0) is 13.8. The highest BCUT2D eigenvalue weighted by atomic mass is 79.9. The normalized spacial score (nSPS) is 16.6. The topological polar surface area (TPSA) is 43.8 Å². The summed E-state index contributed by atoms with van der Waals surface area (Å²) in [6, 6.07) is 5.56. The van der Waals surface area contributed by atoms with Crippen molar-refractivity contribution in [3.05, 3.63) is 28.2 Å². The first-order valence-corrected chi connectivity index (χ1v) is 7.42. The van der Waals surface area contributed by atoms with Crippen molar-refractivity contribution in [2.45, 2.75) is 13.3 Å². The van der Waals surface area contributed by atoms with E-state index < -0.39 is 5.97 Å². The van der Waals surface area contributed by atoms with Gasteiger partial charge in [0.15, 0.2) is 0 Å². The molecular weight excluding hydrogens is 308 g/mol. The number of hydrogen-bond donors (Lipinski definition) is 1. The van der Waals surface area contributed by atoms with Gasteiger partial charge in [-0.25, -0.2) is 4.79 Å². The lowest BCUT2D eigenvalue weighted by Gasteiger charge is -2.36. The van der Waals surface area contributed by atoms with E-state index in [-0.39, 0.29) is 0 Å². The van der Waals surface area contributed by atoms with E-state index in [1.807, 2.05) is 12.1 Å². The van der Waals surface area contributed by atoms with Crippen molar-refractivity contribution < 1.29 is 9.90 Å². The highest BCUT2D eigenvalue weighted by Crippen LogP contribution is 2.28. The van der Waals surface area contributed by atoms with Crippen molar-refractivity contribution in [2.75, 3.05) is 37.6 Å². The molecule has 104 valence electrons. The number of carbonyl (C=O) groups is 1. The second-order valence-electron chi connectivity index (χ2n) is 4.77. The lowest BCUT2D eigenvalue weighted by atomic mass is 10.1. The third-order valence-electron chi connectivity index (χ3n) is 3.46. The monoisotopic (exact) mass is 326 g/mol. The van der Waals surface area contributed by atoms with Crippen LogP contribution in [0.3, 0.4) is 0 Å². The minimum Gasteiger partial charge on any atom is -0.478 e. The first-order chi connectivity index (χ1) is 9.13. The number of halogens is 1. The highest BCUT2D eigenvalue weighted by molar-refractivity contribution is 9.10. The fourth-order valence-electron chi connectivity index (χ4n) is 2.52. The quantitative estimate of drug-likeness (QED) is 0.923. The van der Waals surface area contributed by atoms with Gasteiger partial charge in [0.25, 0.3) is 0 Å². The summed E-state index contributed by atoms with van der Waals surface area (Å²) in [5.41, 5.74) is 1.18. The number of anilines is 1. The maximum Gasteiger partial charge on any atom is 0.338 e. The van der Waals surface area contributed by atoms with Crippen LogP contribution in [0.2, 0.25) is 0 Å². The van der Waals surface area contributed by atoms with Crippen molar-refractivity contribution >= 4 is 27.6 Å². The Labute approximate surface area is 122 Å². The van der Waals surface area contributed by atoms with Gasteiger partial charge in [-0.3, -0.25) is 4.90 Å². The Bertz CT molecular complexity index is 457. The van der Waals surface area contributed by atoms with Crippen LogP contribution in [-0.2, 0) is 0 Å². The molecule has 2 rings (SSSR count). The molecule has 0 aliphatic carbocycles. The molecule has 4 nitrogen and oxygen atoms in total. The molecule has 19 heavy (non-hydrogen) atoms. The van der Waals surface area contributed by atoms with Crippen LogP contribution in [0.4, 0.5) is 5.69 Å². The van der Waals surface area contributed by atoms with Gasteiger partial charge in [0.2, 0.25) is 0 Å². The Kier molecular flexibility index (Phi) is 4.82. The van der Waals surface area contributed by atoms with Gasteiger partial charge >= 0.3 is 5.97 Å². The molecule has 1 aromatic carbocycles. The van der Waals surface area contributed by atoms with Gasteiger partial charge in [0.05, 0.1) is 11.3 Å². The summed E-state index contributed by atoms with van der Waals surface area (Å²) in [4.78, 5) is 16.0. The molecular formula is C14H19BrN2O2. The lowest BCUT2D eigenvalue weighted by molar-refractivity contribution is 0.0696. The molecule has 0 bridgehead atoms. The van der Waals surface area contributed by atoms with Crippen LogP contribution in [0.1, 0.15) is 23.7 Å². The van der Waals surface area contributed by atoms with Gasteiger partial charge in [-0.15, -0.1) is 0 Å². The molecule has 1 fully saturated rings. The lowest BCUT2D eigenvalue weighted by Crippen LogP contribution is -2.47. The summed E-state index contributed by atoms with van der Waals surface area (Å²) in [6.45, 7) is 7.08. The molecule has 1 aliphatic rings. The second kappa shape index (κ2) is 6.39. The Morgan fingerprint density at radius 3 is 2.58 bits per heavy atom. The number of rotatable bonds is 4. The average Bonchev–Trinajstić information content (AvgIpc) is 2.39. The summed E-state index contributed by atoms with van der Waals surface area (Å²) in [7, 11) is 0. The molecule has 0 spiro atoms. The molecule has 1 N–H and O–H groups in total. The van der Waals surface area contributed by atoms with Crippen molar-refractivity contribution in [1.82, 2.24) is 4.90 Å². The Hall–Kier alpha value is -1.07. The van der Waals surface area contributed by atoms with Crippen molar-refractivity contribution in [2.24, 2.45) is 0 Å². The van der Waals surface area contributed by atoms with E-state index in [2.05, 4.69) is 32.7 Å². The van der Waals surface area contributed by atoms with Gasteiger partial charge in [-0.2, -0.15) is 0 Å². The third kappa shape index (κ3) is 3.28. The SMILES string of the molecule is CCCN1CCN(c2cccc(Br)c2C(=O)O)CC1. The van der Waals surface area contributed by atoms with Crippen LogP contribution in [-0.4, -0.2) is 48.7 Å². The van der Waals surface area contributed by atoms with Crippen molar-refractivity contribution in [1.29, 1.82) is 0 Å². The molecule has 1 aromatic rings. The summed E-state index contributed by atoms with van der Waals surface area (Å²) in [5.74, 6) is -0.876. The van der Waals surface area contributed by atoms with Crippen LogP contribution in [0.15, 0.2) is 22.7 Å². The molecule has 0 atom stereocenters. The molecule has 1 saturated heterocycles. The molecule has 0 saturated carbocycles. The molecule has 1 heterocycles. The van der Waals surface area contributed by atoms with Crippen molar-refractivity contribution in [3.63, 3.8) is 0 Å². The van der Waals surface area contributed by atoms with Crippen molar-refractivity contribution in [3.8, 4) is 0 Å². The second-order valence-corrected chi connectivity index (χ2v) is 5.62. The summed E-state index contributed by atoms with van der Waals surface area (Å²) in [5, 5.41) is 9.35. The van der Waals surface area contributed by atoms with E-state index in [1.165, 1.54) is 0 Å². The molecule has 0 radical (unpaired) electrons. The van der Waals surface area contributed by atoms with Crippen LogP contribution in [0.5, 0.6) is 0 Å². The van der Waals surface area contributed by atoms with Gasteiger partial charge in [0.1, 0.15) is 0 Å². The third-order valence-corrected chi connectivity index (χ3v) is 4.12. The standard InChI is InChI=1S/C14H19BrN2O2/c1-2-6-16-7-9-17(10-8-16)12-5-3-4-11(15)13(12)14(18)19/h3-5H,2,6-10H2,1H3,(H,18,19). The van der Waals surface area contributed by atoms with E-state index in [1.54, 1.807) is 6.07 Å². The van der Waals surface area contributed by atoms with E-state index in [0.29, 0.717) is 10.0 Å². The van der Waals surface area contributed by atoms with Gasteiger partial charge in [-0.05, 0) is 41.0 Å². The summed E-state index contributed by atoms with van der Waals surface area (Å²) < 4.78 is 0.647. The molecule has 0 amide bonds. The zero-order valence-corrected chi connectivity index (χ0v) is 12.7. The molecule has 0 unspecified atom stereocenters. The largest absolute Gasteiger partial charge is 0.478 e. The van der Waals surface area contributed by atoms with E-state index in [0.717, 1.165) is 44.8 Å². The number of benzene rings is 1. The number of piperazine rings is 1. The maximum atomic E-state index is 11.4. The number of aromatic carboxylic acids is 1. The minimum absolute atomic E-state index is 0.367. The number of carboxylic acid groups (broad SMARTS) is 1. The number of nitrogens with zero attached hydrogens (tertiary/aromatic N) is 2. The van der Waals surface area contributed by atoms with Crippen LogP contribution >= 0.6 is 15.9 Å². The van der Waals surface area contributed by atoms with E-state index >= 15 is 0 Å². The fourth-order valence-corrected chi connectivity index (χ4v) is 3.04. The van der Waals surface area contributed by atoms with Gasteiger partial charge in [0, 0.05) is 30.7 Å². The fraction of sp³-hybridized carbons (Fsp3) is 0.500. The van der Waals surface area contributed by atoms with Crippen LogP contribution in [0, 0.1) is 0 Å². The Balaban J connectivity index is 2.15. The van der Waals surface area contributed by atoms with Crippen LogP contribution in [0.25, 0.3) is 0 Å². The summed E-state index contributed by atoms with van der Waals surface area (Å²) >= 11 is 3.33. The number of carboxylic acids is 1. The smallest absolute Gasteiger partial charge is 0.338 e. The average molecular weight is 327 g/mol. The van der Waals surface area contributed by atoms with Crippen LogP contribution < -0.4 is 4.90 Å². The minimum atomic E-state index is -0.876. The predicted octanol–water partition coefficient (Wildman–Crippen LogP) is 2.68. The van der Waals surface area contributed by atoms with E-state index in [4.69, 9.17) is 0 Å². The molecule has 0 aromatic heterocycles.